The van der Waals surface area contributed by atoms with Gasteiger partial charge in [-0.2, -0.15) is 0 Å². The summed E-state index contributed by atoms with van der Waals surface area (Å²) in [7, 11) is -3.54. The lowest BCUT2D eigenvalue weighted by Crippen LogP contribution is -2.29. The van der Waals surface area contributed by atoms with E-state index >= 15 is 0 Å². The Bertz CT molecular complexity index is 524. The summed E-state index contributed by atoms with van der Waals surface area (Å²) in [6, 6.07) is 1.64. The Hall–Kier alpha value is -1.12. The largest absolute Gasteiger partial charge is 0.507 e. The van der Waals surface area contributed by atoms with E-state index in [0.29, 0.717) is 19.3 Å². The van der Waals surface area contributed by atoms with Gasteiger partial charge in [0.15, 0.2) is 0 Å². The number of carbonyl (C=O) groups excluding carboxylic acids is 1. The molecule has 0 unspecified atom stereocenters. The van der Waals surface area contributed by atoms with Crippen LogP contribution >= 0.6 is 11.3 Å². The Labute approximate surface area is 122 Å². The Morgan fingerprint density at radius 2 is 2.20 bits per heavy atom. The summed E-state index contributed by atoms with van der Waals surface area (Å²) in [6.07, 6.45) is 2.57. The highest BCUT2D eigenvalue weighted by Crippen LogP contribution is 2.21. The van der Waals surface area contributed by atoms with Gasteiger partial charge in [-0.1, -0.05) is 13.3 Å². The number of sulfonamides is 1. The van der Waals surface area contributed by atoms with Gasteiger partial charge in [0.25, 0.3) is 0 Å². The fraction of sp³-hybridized carbons (Fsp3) is 0.583. The van der Waals surface area contributed by atoms with Crippen molar-refractivity contribution in [3.05, 3.63) is 16.3 Å². The molecular formula is C12H19NO5S2. The minimum absolute atomic E-state index is 0.0503. The van der Waals surface area contributed by atoms with Crippen molar-refractivity contribution in [3.63, 3.8) is 0 Å². The number of unbranched alkanes of at least 4 members (excludes halogenated alkanes) is 1. The molecule has 0 fully saturated rings. The van der Waals surface area contributed by atoms with Crippen molar-refractivity contribution in [1.29, 1.82) is 0 Å². The SMILES string of the molecule is CCCCS(=O)(=O)NOC(=O)CCCc1cc(O)cs1. The molecule has 0 amide bonds. The maximum Gasteiger partial charge on any atom is 0.326 e. The van der Waals surface area contributed by atoms with Crippen molar-refractivity contribution in [2.75, 3.05) is 5.75 Å². The second kappa shape index (κ2) is 8.23. The molecule has 1 aromatic heterocycles. The van der Waals surface area contributed by atoms with Crippen molar-refractivity contribution in [3.8, 4) is 5.75 Å². The van der Waals surface area contributed by atoms with Crippen LogP contribution in [-0.4, -0.2) is 25.2 Å². The second-order valence-electron chi connectivity index (χ2n) is 4.35. The summed E-state index contributed by atoms with van der Waals surface area (Å²) in [5.74, 6) is -0.437. The molecule has 20 heavy (non-hydrogen) atoms. The fourth-order valence-corrected chi connectivity index (χ4v) is 3.21. The van der Waals surface area contributed by atoms with E-state index in [1.54, 1.807) is 11.4 Å². The van der Waals surface area contributed by atoms with Gasteiger partial charge < -0.3 is 9.94 Å². The quantitative estimate of drug-likeness (QED) is 0.678. The van der Waals surface area contributed by atoms with Crippen LogP contribution in [-0.2, 0) is 26.1 Å². The maximum atomic E-state index is 11.4. The molecule has 0 aliphatic carbocycles. The molecule has 0 saturated carbocycles. The summed E-state index contributed by atoms with van der Waals surface area (Å²) in [5, 5.41) is 10.8. The molecule has 1 rings (SSSR count). The summed E-state index contributed by atoms with van der Waals surface area (Å²) in [4.78, 5) is 18.7. The van der Waals surface area contributed by atoms with Gasteiger partial charge in [-0.25, -0.2) is 8.42 Å². The average molecular weight is 321 g/mol. The van der Waals surface area contributed by atoms with E-state index in [1.165, 1.54) is 11.3 Å². The number of carbonyl (C=O) groups is 1. The third-order valence-corrected chi connectivity index (χ3v) is 4.64. The molecule has 114 valence electrons. The first-order valence-electron chi connectivity index (χ1n) is 6.38. The molecule has 0 aliphatic heterocycles. The van der Waals surface area contributed by atoms with Crippen LogP contribution in [0.3, 0.4) is 0 Å². The zero-order valence-electron chi connectivity index (χ0n) is 11.3. The van der Waals surface area contributed by atoms with Crippen molar-refractivity contribution < 1.29 is 23.2 Å². The highest BCUT2D eigenvalue weighted by atomic mass is 32.2. The Morgan fingerprint density at radius 3 is 2.80 bits per heavy atom. The molecule has 1 aromatic rings. The predicted octanol–water partition coefficient (Wildman–Crippen LogP) is 1.95. The van der Waals surface area contributed by atoms with Gasteiger partial charge in [0, 0.05) is 16.7 Å². The smallest absolute Gasteiger partial charge is 0.326 e. The van der Waals surface area contributed by atoms with Crippen LogP contribution in [0.4, 0.5) is 0 Å². The van der Waals surface area contributed by atoms with Gasteiger partial charge in [0.2, 0.25) is 10.0 Å². The summed E-state index contributed by atoms with van der Waals surface area (Å²) in [5.41, 5.74) is 0. The van der Waals surface area contributed by atoms with E-state index in [9.17, 15) is 13.2 Å². The van der Waals surface area contributed by atoms with Crippen LogP contribution in [0, 0.1) is 0 Å². The highest BCUT2D eigenvalue weighted by molar-refractivity contribution is 7.89. The van der Waals surface area contributed by atoms with E-state index in [0.717, 1.165) is 11.3 Å². The third kappa shape index (κ3) is 6.88. The number of rotatable bonds is 9. The predicted molar refractivity (Wildman–Crippen MR) is 76.8 cm³/mol. The van der Waals surface area contributed by atoms with E-state index in [2.05, 4.69) is 4.84 Å². The van der Waals surface area contributed by atoms with Crippen LogP contribution in [0.1, 0.15) is 37.5 Å². The first kappa shape index (κ1) is 16.9. The zero-order valence-corrected chi connectivity index (χ0v) is 12.9. The van der Waals surface area contributed by atoms with E-state index < -0.39 is 16.0 Å². The molecule has 0 spiro atoms. The number of aromatic hydroxyl groups is 1. The number of hydrogen-bond donors (Lipinski definition) is 2. The molecule has 2 N–H and O–H groups in total. The fourth-order valence-electron chi connectivity index (χ4n) is 1.44. The lowest BCUT2D eigenvalue weighted by Gasteiger charge is -2.06. The van der Waals surface area contributed by atoms with Gasteiger partial charge in [-0.3, -0.25) is 4.79 Å². The molecule has 6 nitrogen and oxygen atoms in total. The molecule has 0 radical (unpaired) electrons. The van der Waals surface area contributed by atoms with Gasteiger partial charge >= 0.3 is 5.97 Å². The molecule has 0 bridgehead atoms. The van der Waals surface area contributed by atoms with Crippen molar-refractivity contribution in [2.24, 2.45) is 0 Å². The molecule has 0 aromatic carbocycles. The molecular weight excluding hydrogens is 302 g/mol. The number of nitrogens with one attached hydrogen (secondary N) is 1. The van der Waals surface area contributed by atoms with E-state index in [1.807, 2.05) is 11.8 Å². The maximum absolute atomic E-state index is 11.4. The van der Waals surface area contributed by atoms with Crippen LogP contribution in [0.5, 0.6) is 5.75 Å². The molecule has 0 saturated heterocycles. The summed E-state index contributed by atoms with van der Waals surface area (Å²) < 4.78 is 22.8. The number of aryl methyl sites for hydroxylation is 1. The van der Waals surface area contributed by atoms with Crippen molar-refractivity contribution in [2.45, 2.75) is 39.0 Å². The minimum atomic E-state index is -3.54. The van der Waals surface area contributed by atoms with Crippen molar-refractivity contribution in [1.82, 2.24) is 4.89 Å². The van der Waals surface area contributed by atoms with E-state index in [4.69, 9.17) is 5.11 Å². The van der Waals surface area contributed by atoms with Gasteiger partial charge in [-0.15, -0.1) is 11.3 Å². The Kier molecular flexibility index (Phi) is 6.97. The normalized spacial score (nSPS) is 11.4. The van der Waals surface area contributed by atoms with Crippen LogP contribution in [0.15, 0.2) is 11.4 Å². The lowest BCUT2D eigenvalue weighted by atomic mass is 10.2. The standard InChI is InChI=1S/C12H19NO5S2/c1-2-3-7-20(16,17)13-18-12(15)6-4-5-11-8-10(14)9-19-11/h8-9,13-14H,2-7H2,1H3. The molecule has 0 atom stereocenters. The van der Waals surface area contributed by atoms with Crippen LogP contribution < -0.4 is 4.89 Å². The summed E-state index contributed by atoms with van der Waals surface area (Å²) >= 11 is 1.41. The number of thiophene rings is 1. The first-order valence-corrected chi connectivity index (χ1v) is 8.91. The molecule has 0 aliphatic rings. The Balaban J connectivity index is 2.20. The topological polar surface area (TPSA) is 92.7 Å². The monoisotopic (exact) mass is 321 g/mol. The van der Waals surface area contributed by atoms with Crippen LogP contribution in [0.2, 0.25) is 0 Å². The van der Waals surface area contributed by atoms with Gasteiger partial charge in [0.1, 0.15) is 5.75 Å². The first-order chi connectivity index (χ1) is 9.43. The second-order valence-corrected chi connectivity index (χ2v) is 7.15. The minimum Gasteiger partial charge on any atom is -0.507 e. The zero-order chi connectivity index (χ0) is 15.0. The third-order valence-electron chi connectivity index (χ3n) is 2.49. The Morgan fingerprint density at radius 1 is 1.45 bits per heavy atom. The average Bonchev–Trinajstić information content (AvgIpc) is 2.80. The molecule has 1 heterocycles. The van der Waals surface area contributed by atoms with Gasteiger partial charge in [0.05, 0.1) is 5.75 Å². The highest BCUT2D eigenvalue weighted by Gasteiger charge is 2.12. The molecule has 8 heteroatoms. The number of hydrogen-bond acceptors (Lipinski definition) is 6. The summed E-state index contributed by atoms with van der Waals surface area (Å²) in [6.45, 7) is 1.88. The van der Waals surface area contributed by atoms with Crippen LogP contribution in [0.25, 0.3) is 0 Å². The van der Waals surface area contributed by atoms with E-state index in [-0.39, 0.29) is 17.9 Å². The lowest BCUT2D eigenvalue weighted by molar-refractivity contribution is -0.147. The van der Waals surface area contributed by atoms with Crippen molar-refractivity contribution >= 4 is 27.3 Å². The van der Waals surface area contributed by atoms with Gasteiger partial charge in [-0.05, 0) is 30.2 Å².